The second kappa shape index (κ2) is 8.12. The second-order valence-electron chi connectivity index (χ2n) is 4.46. The SMILES string of the molecule is C=C(C)NC(=NC1CCNC1)c1sccc1C.CC. The first kappa shape index (κ1) is 15.9. The molecule has 1 aromatic rings. The van der Waals surface area contributed by atoms with Crippen LogP contribution >= 0.6 is 11.3 Å². The summed E-state index contributed by atoms with van der Waals surface area (Å²) in [4.78, 5) is 6.03. The molecule has 1 aliphatic rings. The van der Waals surface area contributed by atoms with Gasteiger partial charge in [-0.3, -0.25) is 4.99 Å². The van der Waals surface area contributed by atoms with Crippen LogP contribution in [0.5, 0.6) is 0 Å². The minimum atomic E-state index is 0.387. The van der Waals surface area contributed by atoms with Crippen molar-refractivity contribution in [2.45, 2.75) is 40.2 Å². The fourth-order valence-corrected chi connectivity index (χ4v) is 2.77. The van der Waals surface area contributed by atoms with E-state index in [4.69, 9.17) is 4.99 Å². The van der Waals surface area contributed by atoms with Gasteiger partial charge in [0, 0.05) is 12.2 Å². The Morgan fingerprint density at radius 1 is 1.53 bits per heavy atom. The van der Waals surface area contributed by atoms with E-state index in [0.717, 1.165) is 31.0 Å². The zero-order chi connectivity index (χ0) is 14.3. The van der Waals surface area contributed by atoms with Crippen LogP contribution in [0.1, 0.15) is 37.6 Å². The molecule has 1 fully saturated rings. The van der Waals surface area contributed by atoms with E-state index in [1.54, 1.807) is 11.3 Å². The highest BCUT2D eigenvalue weighted by molar-refractivity contribution is 7.12. The molecular weight excluding hydrogens is 254 g/mol. The number of hydrogen-bond acceptors (Lipinski definition) is 3. The monoisotopic (exact) mass is 279 g/mol. The van der Waals surface area contributed by atoms with E-state index in [1.165, 1.54) is 10.4 Å². The average Bonchev–Trinajstić information content (AvgIpc) is 3.02. The third kappa shape index (κ3) is 4.80. The topological polar surface area (TPSA) is 36.4 Å². The predicted molar refractivity (Wildman–Crippen MR) is 86.2 cm³/mol. The Labute approximate surface area is 120 Å². The molecule has 0 saturated carbocycles. The second-order valence-corrected chi connectivity index (χ2v) is 5.38. The van der Waals surface area contributed by atoms with Crippen molar-refractivity contribution in [1.82, 2.24) is 10.6 Å². The number of hydrogen-bond donors (Lipinski definition) is 2. The van der Waals surface area contributed by atoms with E-state index in [9.17, 15) is 0 Å². The molecule has 0 radical (unpaired) electrons. The highest BCUT2D eigenvalue weighted by Gasteiger charge is 2.16. The summed E-state index contributed by atoms with van der Waals surface area (Å²) in [5, 5.41) is 8.73. The van der Waals surface area contributed by atoms with E-state index >= 15 is 0 Å². The van der Waals surface area contributed by atoms with Crippen molar-refractivity contribution in [2.75, 3.05) is 13.1 Å². The van der Waals surface area contributed by atoms with E-state index in [-0.39, 0.29) is 0 Å². The largest absolute Gasteiger partial charge is 0.344 e. The number of nitrogens with one attached hydrogen (secondary N) is 2. The molecule has 19 heavy (non-hydrogen) atoms. The van der Waals surface area contributed by atoms with Crippen LogP contribution < -0.4 is 10.6 Å². The maximum Gasteiger partial charge on any atom is 0.143 e. The molecule has 0 aliphatic carbocycles. The fraction of sp³-hybridized carbons (Fsp3) is 0.533. The molecule has 0 spiro atoms. The lowest BCUT2D eigenvalue weighted by Crippen LogP contribution is -2.25. The first-order chi connectivity index (χ1) is 9.16. The molecular formula is C15H25N3S. The maximum absolute atomic E-state index is 4.81. The summed E-state index contributed by atoms with van der Waals surface area (Å²) in [7, 11) is 0. The van der Waals surface area contributed by atoms with E-state index in [0.29, 0.717) is 6.04 Å². The van der Waals surface area contributed by atoms with Crippen LogP contribution in [-0.4, -0.2) is 25.0 Å². The molecule has 0 aromatic carbocycles. The van der Waals surface area contributed by atoms with Gasteiger partial charge in [-0.25, -0.2) is 0 Å². The summed E-state index contributed by atoms with van der Waals surface area (Å²) in [5.41, 5.74) is 2.20. The van der Waals surface area contributed by atoms with Gasteiger partial charge in [-0.15, -0.1) is 11.3 Å². The number of thiophene rings is 1. The highest BCUT2D eigenvalue weighted by atomic mass is 32.1. The van der Waals surface area contributed by atoms with Gasteiger partial charge in [0.25, 0.3) is 0 Å². The minimum absolute atomic E-state index is 0.387. The van der Waals surface area contributed by atoms with Crippen molar-refractivity contribution in [2.24, 2.45) is 4.99 Å². The molecule has 4 heteroatoms. The molecule has 1 atom stereocenters. The van der Waals surface area contributed by atoms with E-state index in [1.807, 2.05) is 20.8 Å². The van der Waals surface area contributed by atoms with Crippen molar-refractivity contribution in [3.8, 4) is 0 Å². The van der Waals surface area contributed by atoms with Crippen LogP contribution in [0.4, 0.5) is 0 Å². The molecule has 2 N–H and O–H groups in total. The Morgan fingerprint density at radius 3 is 2.74 bits per heavy atom. The van der Waals surface area contributed by atoms with Crippen LogP contribution in [0.2, 0.25) is 0 Å². The number of nitrogens with zero attached hydrogens (tertiary/aromatic N) is 1. The quantitative estimate of drug-likeness (QED) is 0.658. The van der Waals surface area contributed by atoms with Crippen LogP contribution in [0.15, 0.2) is 28.7 Å². The van der Waals surface area contributed by atoms with Crippen molar-refractivity contribution >= 4 is 17.2 Å². The first-order valence-corrected chi connectivity index (χ1v) is 7.80. The first-order valence-electron chi connectivity index (χ1n) is 6.92. The number of allylic oxidation sites excluding steroid dienone is 1. The summed E-state index contributed by atoms with van der Waals surface area (Å²) in [6.45, 7) is 14.0. The number of amidine groups is 1. The third-order valence-corrected chi connectivity index (χ3v) is 3.78. The fourth-order valence-electron chi connectivity index (χ4n) is 1.90. The summed E-state index contributed by atoms with van der Waals surface area (Å²) < 4.78 is 0. The Balaban J connectivity index is 0.000000861. The van der Waals surface area contributed by atoms with Crippen LogP contribution in [0.25, 0.3) is 0 Å². The molecule has 1 aromatic heterocycles. The standard InChI is InChI=1S/C13H19N3S.C2H6/c1-9(2)15-13(12-10(3)5-7-17-12)16-11-4-6-14-8-11;1-2/h5,7,11,14H,1,4,6,8H2,2-3H3,(H,15,16);1-2H3. The van der Waals surface area contributed by atoms with Crippen molar-refractivity contribution in [3.05, 3.63) is 34.2 Å². The molecule has 0 amide bonds. The Morgan fingerprint density at radius 2 is 2.26 bits per heavy atom. The normalized spacial score (nSPS) is 18.7. The van der Waals surface area contributed by atoms with Crippen molar-refractivity contribution in [3.63, 3.8) is 0 Å². The van der Waals surface area contributed by atoms with E-state index < -0.39 is 0 Å². The molecule has 1 unspecified atom stereocenters. The Kier molecular flexibility index (Phi) is 6.81. The molecule has 2 heterocycles. The zero-order valence-corrected chi connectivity index (χ0v) is 13.2. The average molecular weight is 279 g/mol. The molecule has 2 rings (SSSR count). The molecule has 1 aliphatic heterocycles. The number of rotatable bonds is 3. The lowest BCUT2D eigenvalue weighted by Gasteiger charge is -2.11. The number of aryl methyl sites for hydroxylation is 1. The Hall–Kier alpha value is -1.13. The summed E-state index contributed by atoms with van der Waals surface area (Å²) >= 11 is 1.73. The molecule has 106 valence electrons. The van der Waals surface area contributed by atoms with Crippen molar-refractivity contribution in [1.29, 1.82) is 0 Å². The van der Waals surface area contributed by atoms with Gasteiger partial charge >= 0.3 is 0 Å². The van der Waals surface area contributed by atoms with Gasteiger partial charge in [0.2, 0.25) is 0 Å². The minimum Gasteiger partial charge on any atom is -0.344 e. The maximum atomic E-state index is 4.81. The van der Waals surface area contributed by atoms with Gasteiger partial charge in [-0.05, 0) is 43.8 Å². The van der Waals surface area contributed by atoms with E-state index in [2.05, 4.69) is 35.6 Å². The zero-order valence-electron chi connectivity index (χ0n) is 12.4. The summed E-state index contributed by atoms with van der Waals surface area (Å²) in [5.74, 6) is 0.971. The van der Waals surface area contributed by atoms with Gasteiger partial charge < -0.3 is 10.6 Å². The summed E-state index contributed by atoms with van der Waals surface area (Å²) in [6, 6.07) is 2.51. The lowest BCUT2D eigenvalue weighted by molar-refractivity contribution is 0.740. The Bertz CT molecular complexity index is 428. The van der Waals surface area contributed by atoms with Crippen LogP contribution in [0.3, 0.4) is 0 Å². The predicted octanol–water partition coefficient (Wildman–Crippen LogP) is 3.31. The molecule has 1 saturated heterocycles. The van der Waals surface area contributed by atoms with Gasteiger partial charge in [0.1, 0.15) is 5.84 Å². The smallest absolute Gasteiger partial charge is 0.143 e. The van der Waals surface area contributed by atoms with Gasteiger partial charge in [-0.2, -0.15) is 0 Å². The number of aliphatic imine (C=N–C) groups is 1. The van der Waals surface area contributed by atoms with Crippen LogP contribution in [-0.2, 0) is 0 Å². The third-order valence-electron chi connectivity index (χ3n) is 2.75. The highest BCUT2D eigenvalue weighted by Crippen LogP contribution is 2.17. The van der Waals surface area contributed by atoms with Crippen LogP contribution in [0, 0.1) is 6.92 Å². The van der Waals surface area contributed by atoms with Gasteiger partial charge in [-0.1, -0.05) is 20.4 Å². The van der Waals surface area contributed by atoms with Gasteiger partial charge in [0.15, 0.2) is 0 Å². The lowest BCUT2D eigenvalue weighted by atomic mass is 10.2. The molecule has 3 nitrogen and oxygen atoms in total. The van der Waals surface area contributed by atoms with Gasteiger partial charge in [0.05, 0.1) is 10.9 Å². The summed E-state index contributed by atoms with van der Waals surface area (Å²) in [6.07, 6.45) is 1.12. The molecule has 0 bridgehead atoms. The van der Waals surface area contributed by atoms with Crippen molar-refractivity contribution < 1.29 is 0 Å².